The number of rotatable bonds is 5. The molecular weight excluding hydrogens is 304 g/mol. The summed E-state index contributed by atoms with van der Waals surface area (Å²) < 4.78 is 9.16. The third-order valence-electron chi connectivity index (χ3n) is 2.71. The van der Waals surface area contributed by atoms with E-state index in [2.05, 4.69) is 26.7 Å². The first kappa shape index (κ1) is 17.9. The Morgan fingerprint density at radius 1 is 1.09 bits per heavy atom. The molecule has 0 aromatic heterocycles. The van der Waals surface area contributed by atoms with Gasteiger partial charge in [0.1, 0.15) is 0 Å². The highest BCUT2D eigenvalue weighted by atomic mass is 16.5. The van der Waals surface area contributed by atoms with E-state index in [9.17, 15) is 19.2 Å². The van der Waals surface area contributed by atoms with Crippen LogP contribution in [0.15, 0.2) is 30.9 Å². The van der Waals surface area contributed by atoms with E-state index >= 15 is 0 Å². The average Bonchev–Trinajstić information content (AvgIpc) is 2.57. The van der Waals surface area contributed by atoms with Gasteiger partial charge in [-0.2, -0.15) is 0 Å². The van der Waals surface area contributed by atoms with Gasteiger partial charge in [0.15, 0.2) is 0 Å². The highest BCUT2D eigenvalue weighted by Gasteiger charge is 2.20. The summed E-state index contributed by atoms with van der Waals surface area (Å²) in [4.78, 5) is 46.6. The first-order chi connectivity index (χ1) is 10.9. The van der Waals surface area contributed by atoms with Gasteiger partial charge in [-0.15, -0.1) is 6.58 Å². The first-order valence-corrected chi connectivity index (χ1v) is 6.45. The summed E-state index contributed by atoms with van der Waals surface area (Å²) in [5.41, 5.74) is 0.0467. The van der Waals surface area contributed by atoms with Gasteiger partial charge < -0.3 is 20.1 Å². The average molecular weight is 320 g/mol. The molecule has 8 nitrogen and oxygen atoms in total. The summed E-state index contributed by atoms with van der Waals surface area (Å²) in [5, 5.41) is 4.55. The number of nitrogens with one attached hydrogen (secondary N) is 2. The van der Waals surface area contributed by atoms with Crippen LogP contribution in [0.5, 0.6) is 0 Å². The summed E-state index contributed by atoms with van der Waals surface area (Å²) in [5.74, 6) is -3.31. The molecule has 2 amide bonds. The highest BCUT2D eigenvalue weighted by molar-refractivity contribution is 6.40. The molecule has 122 valence electrons. The van der Waals surface area contributed by atoms with Gasteiger partial charge in [-0.25, -0.2) is 9.59 Å². The SMILES string of the molecule is C=CCNC(=O)C(=O)Nc1cc(C(=O)OC)ccc1C(=O)OC. The molecule has 0 spiro atoms. The van der Waals surface area contributed by atoms with Crippen molar-refractivity contribution < 1.29 is 28.7 Å². The zero-order valence-corrected chi connectivity index (χ0v) is 12.7. The summed E-state index contributed by atoms with van der Waals surface area (Å²) >= 11 is 0. The number of hydrogen-bond acceptors (Lipinski definition) is 6. The van der Waals surface area contributed by atoms with Crippen molar-refractivity contribution in [2.75, 3.05) is 26.1 Å². The zero-order valence-electron chi connectivity index (χ0n) is 12.7. The van der Waals surface area contributed by atoms with Gasteiger partial charge in [0.25, 0.3) is 0 Å². The lowest BCUT2D eigenvalue weighted by Crippen LogP contribution is -2.35. The maximum absolute atomic E-state index is 11.8. The Bertz CT molecular complexity index is 653. The molecule has 0 heterocycles. The predicted octanol–water partition coefficient (Wildman–Crippen LogP) is 0.500. The van der Waals surface area contributed by atoms with Crippen molar-refractivity contribution in [1.82, 2.24) is 5.32 Å². The van der Waals surface area contributed by atoms with Gasteiger partial charge in [-0.1, -0.05) is 6.08 Å². The molecule has 0 fully saturated rings. The molecule has 0 saturated heterocycles. The largest absolute Gasteiger partial charge is 0.465 e. The number of anilines is 1. The quantitative estimate of drug-likeness (QED) is 0.464. The van der Waals surface area contributed by atoms with E-state index in [0.29, 0.717) is 0 Å². The molecule has 1 rings (SSSR count). The Hall–Kier alpha value is -3.16. The fraction of sp³-hybridized carbons (Fsp3) is 0.200. The highest BCUT2D eigenvalue weighted by Crippen LogP contribution is 2.19. The van der Waals surface area contributed by atoms with Crippen molar-refractivity contribution >= 4 is 29.4 Å². The van der Waals surface area contributed by atoms with E-state index in [-0.39, 0.29) is 23.4 Å². The Morgan fingerprint density at radius 2 is 1.74 bits per heavy atom. The van der Waals surface area contributed by atoms with Crippen LogP contribution in [0.3, 0.4) is 0 Å². The minimum Gasteiger partial charge on any atom is -0.465 e. The molecular formula is C15H16N2O6. The van der Waals surface area contributed by atoms with Gasteiger partial charge in [0, 0.05) is 6.54 Å². The minimum absolute atomic E-state index is 0.00924. The Morgan fingerprint density at radius 3 is 2.30 bits per heavy atom. The van der Waals surface area contributed by atoms with Gasteiger partial charge in [0.2, 0.25) is 0 Å². The van der Waals surface area contributed by atoms with Crippen LogP contribution in [-0.2, 0) is 19.1 Å². The van der Waals surface area contributed by atoms with E-state index in [4.69, 9.17) is 0 Å². The van der Waals surface area contributed by atoms with Gasteiger partial charge in [-0.3, -0.25) is 9.59 Å². The molecule has 2 N–H and O–H groups in total. The topological polar surface area (TPSA) is 111 Å². The normalized spacial score (nSPS) is 9.48. The fourth-order valence-electron chi connectivity index (χ4n) is 1.60. The summed E-state index contributed by atoms with van der Waals surface area (Å²) in [6.45, 7) is 3.52. The summed E-state index contributed by atoms with van der Waals surface area (Å²) in [6.07, 6.45) is 1.41. The van der Waals surface area contributed by atoms with E-state index in [1.807, 2.05) is 0 Å². The number of carbonyl (C=O) groups excluding carboxylic acids is 4. The number of carbonyl (C=O) groups is 4. The smallest absolute Gasteiger partial charge is 0.339 e. The molecule has 0 bridgehead atoms. The summed E-state index contributed by atoms with van der Waals surface area (Å²) in [6, 6.07) is 3.84. The van der Waals surface area contributed by atoms with Crippen LogP contribution >= 0.6 is 0 Å². The van der Waals surface area contributed by atoms with E-state index in [1.54, 1.807) is 0 Å². The fourth-order valence-corrected chi connectivity index (χ4v) is 1.60. The van der Waals surface area contributed by atoms with Crippen LogP contribution in [0, 0.1) is 0 Å². The molecule has 1 aromatic carbocycles. The Kier molecular flexibility index (Phi) is 6.47. The summed E-state index contributed by atoms with van der Waals surface area (Å²) in [7, 11) is 2.36. The van der Waals surface area contributed by atoms with Crippen molar-refractivity contribution in [3.8, 4) is 0 Å². The van der Waals surface area contributed by atoms with Crippen LogP contribution in [-0.4, -0.2) is 44.5 Å². The molecule has 0 radical (unpaired) electrons. The molecule has 0 atom stereocenters. The zero-order chi connectivity index (χ0) is 17.4. The monoisotopic (exact) mass is 320 g/mol. The third kappa shape index (κ3) is 4.67. The Labute approximate surface area is 132 Å². The molecule has 0 aliphatic rings. The lowest BCUT2D eigenvalue weighted by atomic mass is 10.1. The number of esters is 2. The first-order valence-electron chi connectivity index (χ1n) is 6.45. The van der Waals surface area contributed by atoms with Crippen molar-refractivity contribution in [3.63, 3.8) is 0 Å². The minimum atomic E-state index is -1.00. The molecule has 0 aliphatic heterocycles. The maximum atomic E-state index is 11.8. The van der Waals surface area contributed by atoms with Crippen LogP contribution in [0.4, 0.5) is 5.69 Å². The van der Waals surface area contributed by atoms with Crippen LogP contribution in [0.2, 0.25) is 0 Å². The molecule has 0 aliphatic carbocycles. The van der Waals surface area contributed by atoms with Crippen LogP contribution in [0.1, 0.15) is 20.7 Å². The lowest BCUT2D eigenvalue weighted by Gasteiger charge is -2.11. The molecule has 0 saturated carbocycles. The van der Waals surface area contributed by atoms with Crippen molar-refractivity contribution in [2.45, 2.75) is 0 Å². The second kappa shape index (κ2) is 8.32. The predicted molar refractivity (Wildman–Crippen MR) is 81.0 cm³/mol. The third-order valence-corrected chi connectivity index (χ3v) is 2.71. The second-order valence-corrected chi connectivity index (χ2v) is 4.20. The van der Waals surface area contributed by atoms with E-state index < -0.39 is 23.8 Å². The molecule has 8 heteroatoms. The van der Waals surface area contributed by atoms with Crippen LogP contribution < -0.4 is 10.6 Å². The second-order valence-electron chi connectivity index (χ2n) is 4.20. The standard InChI is InChI=1S/C15H16N2O6/c1-4-7-16-12(18)13(19)17-11-8-9(14(20)22-2)5-6-10(11)15(21)23-3/h4-6,8H,1,7H2,2-3H3,(H,16,18)(H,17,19). The number of ether oxygens (including phenoxy) is 2. The van der Waals surface area contributed by atoms with E-state index in [0.717, 1.165) is 0 Å². The van der Waals surface area contributed by atoms with Gasteiger partial charge >= 0.3 is 23.8 Å². The molecule has 0 unspecified atom stereocenters. The van der Waals surface area contributed by atoms with Gasteiger partial charge in [0.05, 0.1) is 31.0 Å². The van der Waals surface area contributed by atoms with Crippen molar-refractivity contribution in [1.29, 1.82) is 0 Å². The lowest BCUT2D eigenvalue weighted by molar-refractivity contribution is -0.136. The van der Waals surface area contributed by atoms with E-state index in [1.165, 1.54) is 38.5 Å². The van der Waals surface area contributed by atoms with Crippen molar-refractivity contribution in [2.24, 2.45) is 0 Å². The Balaban J connectivity index is 3.11. The number of benzene rings is 1. The number of hydrogen-bond donors (Lipinski definition) is 2. The van der Waals surface area contributed by atoms with Crippen molar-refractivity contribution in [3.05, 3.63) is 42.0 Å². The van der Waals surface area contributed by atoms with Gasteiger partial charge in [-0.05, 0) is 18.2 Å². The maximum Gasteiger partial charge on any atom is 0.339 e. The molecule has 23 heavy (non-hydrogen) atoms. The molecule has 1 aromatic rings. The number of methoxy groups -OCH3 is 2. The van der Waals surface area contributed by atoms with Crippen LogP contribution in [0.25, 0.3) is 0 Å². The number of amides is 2.